The van der Waals surface area contributed by atoms with Crippen molar-refractivity contribution < 1.29 is 32.0 Å². The number of hydrogen-bond acceptors (Lipinski definition) is 6. The predicted octanol–water partition coefficient (Wildman–Crippen LogP) is 0.268. The van der Waals surface area contributed by atoms with E-state index in [1.54, 1.807) is 0 Å². The number of carbonyl (C=O) groups excluding carboxylic acids is 3. The standard InChI is InChI=1S/C13H10FNO6S/c14-13(5-6-22(19,20)7-13)12(18)21-15-10(16)8-3-1-2-4-9(8)11(15)17/h1-4H,5-7H2. The molecule has 7 nitrogen and oxygen atoms in total. The number of amides is 2. The molecule has 22 heavy (non-hydrogen) atoms. The Hall–Kier alpha value is -2.29. The van der Waals surface area contributed by atoms with Crippen LogP contribution in [0.2, 0.25) is 0 Å². The van der Waals surface area contributed by atoms with E-state index >= 15 is 0 Å². The topological polar surface area (TPSA) is 97.8 Å². The zero-order valence-corrected chi connectivity index (χ0v) is 11.9. The molecule has 0 aromatic heterocycles. The molecule has 2 heterocycles. The second kappa shape index (κ2) is 4.60. The third-order valence-electron chi connectivity index (χ3n) is 3.55. The lowest BCUT2D eigenvalue weighted by Gasteiger charge is -2.19. The highest BCUT2D eigenvalue weighted by molar-refractivity contribution is 7.91. The SMILES string of the molecule is O=C1c2ccccc2C(=O)N1OC(=O)C1(F)CCS(=O)(=O)C1. The van der Waals surface area contributed by atoms with Gasteiger partial charge in [0.05, 0.1) is 22.6 Å². The summed E-state index contributed by atoms with van der Waals surface area (Å²) in [4.78, 5) is 40.4. The van der Waals surface area contributed by atoms with Gasteiger partial charge in [0.15, 0.2) is 9.84 Å². The summed E-state index contributed by atoms with van der Waals surface area (Å²) in [7, 11) is -3.68. The molecule has 1 fully saturated rings. The lowest BCUT2D eigenvalue weighted by molar-refractivity contribution is -0.181. The van der Waals surface area contributed by atoms with Crippen LogP contribution in [-0.4, -0.2) is 48.4 Å². The minimum Gasteiger partial charge on any atom is -0.326 e. The largest absolute Gasteiger partial charge is 0.371 e. The van der Waals surface area contributed by atoms with Crippen LogP contribution in [0, 0.1) is 0 Å². The van der Waals surface area contributed by atoms with Gasteiger partial charge < -0.3 is 4.84 Å². The zero-order chi connectivity index (χ0) is 16.1. The number of alkyl halides is 1. The zero-order valence-electron chi connectivity index (χ0n) is 11.1. The number of nitrogens with zero attached hydrogens (tertiary/aromatic N) is 1. The summed E-state index contributed by atoms with van der Waals surface area (Å²) in [6.45, 7) is 0. The van der Waals surface area contributed by atoms with Gasteiger partial charge in [-0.2, -0.15) is 0 Å². The normalized spacial score (nSPS) is 26.1. The number of carbonyl (C=O) groups is 3. The fourth-order valence-electron chi connectivity index (χ4n) is 2.39. The van der Waals surface area contributed by atoms with E-state index in [1.807, 2.05) is 0 Å². The molecule has 2 amide bonds. The maximum atomic E-state index is 14.3. The molecule has 1 aromatic rings. The van der Waals surface area contributed by atoms with Gasteiger partial charge in [-0.25, -0.2) is 17.6 Å². The average Bonchev–Trinajstić information content (AvgIpc) is 2.89. The van der Waals surface area contributed by atoms with Crippen molar-refractivity contribution in [3.63, 3.8) is 0 Å². The van der Waals surface area contributed by atoms with Crippen molar-refractivity contribution in [1.82, 2.24) is 5.06 Å². The Bertz CT molecular complexity index is 770. The molecule has 0 bridgehead atoms. The molecule has 0 radical (unpaired) electrons. The van der Waals surface area contributed by atoms with Gasteiger partial charge in [0.1, 0.15) is 0 Å². The van der Waals surface area contributed by atoms with Gasteiger partial charge in [-0.3, -0.25) is 9.59 Å². The van der Waals surface area contributed by atoms with E-state index in [2.05, 4.69) is 4.84 Å². The highest BCUT2D eigenvalue weighted by Gasteiger charge is 2.52. The third-order valence-corrected chi connectivity index (χ3v) is 5.28. The van der Waals surface area contributed by atoms with E-state index in [-0.39, 0.29) is 16.2 Å². The van der Waals surface area contributed by atoms with E-state index in [0.29, 0.717) is 0 Å². The second-order valence-corrected chi connectivity index (χ2v) is 7.32. The lowest BCUT2D eigenvalue weighted by Crippen LogP contribution is -2.43. The first-order chi connectivity index (χ1) is 10.2. The molecule has 1 aromatic carbocycles. The van der Waals surface area contributed by atoms with Crippen molar-refractivity contribution in [2.24, 2.45) is 0 Å². The first-order valence-corrected chi connectivity index (χ1v) is 8.15. The van der Waals surface area contributed by atoms with Crippen molar-refractivity contribution in [3.05, 3.63) is 35.4 Å². The van der Waals surface area contributed by atoms with Gasteiger partial charge in [0, 0.05) is 6.42 Å². The molecule has 116 valence electrons. The third kappa shape index (κ3) is 2.17. The van der Waals surface area contributed by atoms with Crippen LogP contribution >= 0.6 is 0 Å². The van der Waals surface area contributed by atoms with Crippen molar-refractivity contribution in [2.45, 2.75) is 12.1 Å². The smallest absolute Gasteiger partial charge is 0.326 e. The first-order valence-electron chi connectivity index (χ1n) is 6.33. The molecule has 1 saturated heterocycles. The number of sulfone groups is 1. The van der Waals surface area contributed by atoms with Crippen LogP contribution in [0.5, 0.6) is 0 Å². The van der Waals surface area contributed by atoms with E-state index < -0.39 is 51.2 Å². The monoisotopic (exact) mass is 327 g/mol. The van der Waals surface area contributed by atoms with Gasteiger partial charge >= 0.3 is 5.97 Å². The highest BCUT2D eigenvalue weighted by atomic mass is 32.2. The fourth-order valence-corrected chi connectivity index (χ4v) is 4.12. The number of fused-ring (bicyclic) bond motifs is 1. The van der Waals surface area contributed by atoms with Gasteiger partial charge in [0.25, 0.3) is 11.8 Å². The molecular formula is C13H10FNO6S. The number of halogens is 1. The number of benzene rings is 1. The number of imide groups is 1. The summed E-state index contributed by atoms with van der Waals surface area (Å²) in [5, 5.41) is 0.166. The van der Waals surface area contributed by atoms with Gasteiger partial charge in [0.2, 0.25) is 5.67 Å². The van der Waals surface area contributed by atoms with Crippen LogP contribution in [0.25, 0.3) is 0 Å². The minimum absolute atomic E-state index is 0.0345. The molecule has 9 heteroatoms. The molecule has 2 aliphatic heterocycles. The Morgan fingerprint density at radius 2 is 1.73 bits per heavy atom. The maximum absolute atomic E-state index is 14.3. The molecule has 0 saturated carbocycles. The van der Waals surface area contributed by atoms with Gasteiger partial charge in [-0.15, -0.1) is 0 Å². The summed E-state index contributed by atoms with van der Waals surface area (Å²) >= 11 is 0. The predicted molar refractivity (Wildman–Crippen MR) is 70.1 cm³/mol. The summed E-state index contributed by atoms with van der Waals surface area (Å²) in [5.41, 5.74) is -2.67. The fraction of sp³-hybridized carbons (Fsp3) is 0.308. The quantitative estimate of drug-likeness (QED) is 0.723. The summed E-state index contributed by atoms with van der Waals surface area (Å²) < 4.78 is 36.9. The number of hydrogen-bond donors (Lipinski definition) is 0. The highest BCUT2D eigenvalue weighted by Crippen LogP contribution is 2.31. The Labute approximate surface area is 124 Å². The molecule has 2 aliphatic rings. The Balaban J connectivity index is 1.82. The molecule has 0 spiro atoms. The van der Waals surface area contributed by atoms with Crippen LogP contribution in [0.1, 0.15) is 27.1 Å². The first kappa shape index (κ1) is 14.6. The van der Waals surface area contributed by atoms with E-state index in [4.69, 9.17) is 0 Å². The van der Waals surface area contributed by atoms with Crippen LogP contribution < -0.4 is 0 Å². The molecule has 0 aliphatic carbocycles. The molecule has 3 rings (SSSR count). The lowest BCUT2D eigenvalue weighted by atomic mass is 10.1. The Morgan fingerprint density at radius 1 is 1.18 bits per heavy atom. The van der Waals surface area contributed by atoms with E-state index in [0.717, 1.165) is 0 Å². The minimum atomic E-state index is -3.68. The molecular weight excluding hydrogens is 317 g/mol. The summed E-state index contributed by atoms with van der Waals surface area (Å²) in [6.07, 6.45) is -0.558. The van der Waals surface area contributed by atoms with Crippen LogP contribution in [0.15, 0.2) is 24.3 Å². The van der Waals surface area contributed by atoms with Crippen molar-refractivity contribution >= 4 is 27.6 Å². The van der Waals surface area contributed by atoms with E-state index in [1.165, 1.54) is 24.3 Å². The van der Waals surface area contributed by atoms with Gasteiger partial charge in [-0.05, 0) is 12.1 Å². The van der Waals surface area contributed by atoms with Crippen LogP contribution in [0.4, 0.5) is 4.39 Å². The van der Waals surface area contributed by atoms with Crippen LogP contribution in [-0.2, 0) is 19.5 Å². The molecule has 1 unspecified atom stereocenters. The number of hydroxylamine groups is 2. The average molecular weight is 327 g/mol. The van der Waals surface area contributed by atoms with Crippen LogP contribution in [0.3, 0.4) is 0 Å². The Morgan fingerprint density at radius 3 is 2.18 bits per heavy atom. The van der Waals surface area contributed by atoms with Crippen molar-refractivity contribution in [3.8, 4) is 0 Å². The van der Waals surface area contributed by atoms with Crippen molar-refractivity contribution in [2.75, 3.05) is 11.5 Å². The number of rotatable bonds is 2. The maximum Gasteiger partial charge on any atom is 0.371 e. The Kier molecular flexibility index (Phi) is 3.06. The molecule has 1 atom stereocenters. The van der Waals surface area contributed by atoms with Crippen molar-refractivity contribution in [1.29, 1.82) is 0 Å². The second-order valence-electron chi connectivity index (χ2n) is 5.14. The molecule has 0 N–H and O–H groups in total. The summed E-state index contributed by atoms with van der Waals surface area (Å²) in [6, 6.07) is 5.79. The summed E-state index contributed by atoms with van der Waals surface area (Å²) in [5.74, 6) is -4.83. The van der Waals surface area contributed by atoms with Gasteiger partial charge in [-0.1, -0.05) is 17.2 Å². The van der Waals surface area contributed by atoms with E-state index in [9.17, 15) is 27.2 Å².